The van der Waals surface area contributed by atoms with Crippen LogP contribution in [0.15, 0.2) is 18.2 Å². The Morgan fingerprint density at radius 3 is 2.72 bits per heavy atom. The number of amides is 1. The van der Waals surface area contributed by atoms with Gasteiger partial charge in [-0.25, -0.2) is 0 Å². The van der Waals surface area contributed by atoms with Gasteiger partial charge in [0.1, 0.15) is 0 Å². The molecular formula is C13H19NO4. The molecule has 1 atom stereocenters. The van der Waals surface area contributed by atoms with Crippen molar-refractivity contribution in [3.63, 3.8) is 0 Å². The Balaban J connectivity index is 2.68. The molecule has 100 valence electrons. The van der Waals surface area contributed by atoms with Gasteiger partial charge in [0.05, 0.1) is 26.2 Å². The number of nitrogens with one attached hydrogen (secondary N) is 1. The molecule has 0 aliphatic carbocycles. The van der Waals surface area contributed by atoms with Gasteiger partial charge >= 0.3 is 0 Å². The Morgan fingerprint density at radius 1 is 1.44 bits per heavy atom. The highest BCUT2D eigenvalue weighted by molar-refractivity contribution is 5.75. The molecule has 0 fully saturated rings. The normalized spacial score (nSPS) is 11.8. The van der Waals surface area contributed by atoms with Crippen LogP contribution in [0.1, 0.15) is 25.0 Å². The van der Waals surface area contributed by atoms with Crippen LogP contribution in [0.2, 0.25) is 0 Å². The Hall–Kier alpha value is -1.75. The van der Waals surface area contributed by atoms with Gasteiger partial charge in [-0.3, -0.25) is 4.79 Å². The van der Waals surface area contributed by atoms with Gasteiger partial charge in [-0.1, -0.05) is 6.07 Å². The van der Waals surface area contributed by atoms with Crippen molar-refractivity contribution in [1.29, 1.82) is 0 Å². The number of rotatable bonds is 6. The summed E-state index contributed by atoms with van der Waals surface area (Å²) in [6, 6.07) is 5.22. The fourth-order valence-electron chi connectivity index (χ4n) is 1.44. The molecule has 0 aliphatic heterocycles. The molecule has 0 spiro atoms. The largest absolute Gasteiger partial charge is 0.493 e. The summed E-state index contributed by atoms with van der Waals surface area (Å²) < 4.78 is 10.7. The van der Waals surface area contributed by atoms with Crippen LogP contribution in [0.25, 0.3) is 0 Å². The average Bonchev–Trinajstić information content (AvgIpc) is 2.38. The number of hydrogen-bond acceptors (Lipinski definition) is 4. The average molecular weight is 253 g/mol. The molecule has 1 aromatic rings. The van der Waals surface area contributed by atoms with E-state index in [0.717, 1.165) is 5.56 Å². The summed E-state index contributed by atoms with van der Waals surface area (Å²) in [7, 11) is 3.12. The van der Waals surface area contributed by atoms with E-state index >= 15 is 0 Å². The minimum Gasteiger partial charge on any atom is -0.493 e. The van der Waals surface area contributed by atoms with E-state index in [1.807, 2.05) is 0 Å². The first kappa shape index (κ1) is 14.3. The zero-order valence-electron chi connectivity index (χ0n) is 10.9. The number of methoxy groups -OCH3 is 1. The lowest BCUT2D eigenvalue weighted by Gasteiger charge is -2.13. The maximum absolute atomic E-state index is 11.0. The maximum Gasteiger partial charge on any atom is 0.223 e. The molecule has 0 aromatic heterocycles. The number of carbonyl (C=O) groups is 1. The highest BCUT2D eigenvalue weighted by atomic mass is 16.5. The van der Waals surface area contributed by atoms with Gasteiger partial charge in [0, 0.05) is 7.05 Å². The summed E-state index contributed by atoms with van der Waals surface area (Å²) in [4.78, 5) is 11.0. The van der Waals surface area contributed by atoms with Gasteiger partial charge in [-0.15, -0.1) is 0 Å². The second-order valence-corrected chi connectivity index (χ2v) is 3.86. The molecule has 5 nitrogen and oxygen atoms in total. The molecule has 1 amide bonds. The van der Waals surface area contributed by atoms with Crippen LogP contribution in [0.3, 0.4) is 0 Å². The van der Waals surface area contributed by atoms with Gasteiger partial charge in [0.25, 0.3) is 0 Å². The zero-order valence-corrected chi connectivity index (χ0v) is 10.9. The van der Waals surface area contributed by atoms with E-state index in [0.29, 0.717) is 11.5 Å². The van der Waals surface area contributed by atoms with Gasteiger partial charge in [-0.2, -0.15) is 0 Å². The molecule has 0 saturated heterocycles. The van der Waals surface area contributed by atoms with E-state index in [1.165, 1.54) is 7.11 Å². The van der Waals surface area contributed by atoms with Crippen molar-refractivity contribution in [3.05, 3.63) is 23.8 Å². The molecule has 0 radical (unpaired) electrons. The molecule has 18 heavy (non-hydrogen) atoms. The van der Waals surface area contributed by atoms with Crippen LogP contribution in [0.4, 0.5) is 0 Å². The lowest BCUT2D eigenvalue weighted by atomic mass is 10.1. The summed E-state index contributed by atoms with van der Waals surface area (Å²) in [6.07, 6.45) is -0.267. The second-order valence-electron chi connectivity index (χ2n) is 3.86. The predicted octanol–water partition coefficient (Wildman–Crippen LogP) is 1.26. The van der Waals surface area contributed by atoms with Gasteiger partial charge in [0.15, 0.2) is 11.5 Å². The van der Waals surface area contributed by atoms with Crippen molar-refractivity contribution >= 4 is 5.91 Å². The van der Waals surface area contributed by atoms with Crippen molar-refractivity contribution in [3.8, 4) is 11.5 Å². The predicted molar refractivity (Wildman–Crippen MR) is 67.8 cm³/mol. The third-order valence-corrected chi connectivity index (χ3v) is 2.54. The number of aliphatic hydroxyl groups excluding tert-OH is 1. The van der Waals surface area contributed by atoms with Gasteiger partial charge in [0.2, 0.25) is 5.91 Å². The molecule has 0 unspecified atom stereocenters. The van der Waals surface area contributed by atoms with Crippen LogP contribution in [-0.2, 0) is 4.79 Å². The van der Waals surface area contributed by atoms with Crippen LogP contribution in [0.5, 0.6) is 11.5 Å². The van der Waals surface area contributed by atoms with Gasteiger partial charge in [-0.05, 0) is 24.6 Å². The molecule has 0 saturated carbocycles. The standard InChI is InChI=1S/C13H19NO4/c1-9(15)10-4-5-11(12(8-10)17-3)18-7-6-13(16)14-2/h4-5,8-9,15H,6-7H2,1-3H3,(H,14,16)/t9-/m0/s1. The number of aliphatic hydroxyl groups is 1. The lowest BCUT2D eigenvalue weighted by molar-refractivity contribution is -0.121. The van der Waals surface area contributed by atoms with Crippen LogP contribution < -0.4 is 14.8 Å². The highest BCUT2D eigenvalue weighted by Crippen LogP contribution is 2.30. The van der Waals surface area contributed by atoms with Crippen molar-refractivity contribution in [2.45, 2.75) is 19.4 Å². The quantitative estimate of drug-likeness (QED) is 0.801. The third-order valence-electron chi connectivity index (χ3n) is 2.54. The topological polar surface area (TPSA) is 67.8 Å². The molecular weight excluding hydrogens is 234 g/mol. The smallest absolute Gasteiger partial charge is 0.223 e. The van der Waals surface area contributed by atoms with Crippen molar-refractivity contribution in [1.82, 2.24) is 5.32 Å². The van der Waals surface area contributed by atoms with E-state index in [4.69, 9.17) is 9.47 Å². The number of benzene rings is 1. The lowest BCUT2D eigenvalue weighted by Crippen LogP contribution is -2.20. The fraction of sp³-hybridized carbons (Fsp3) is 0.462. The zero-order chi connectivity index (χ0) is 13.5. The van der Waals surface area contributed by atoms with Gasteiger partial charge < -0.3 is 19.9 Å². The Morgan fingerprint density at radius 2 is 2.17 bits per heavy atom. The summed E-state index contributed by atoms with van der Waals surface area (Å²) in [5, 5.41) is 12.0. The van der Waals surface area contributed by atoms with E-state index in [1.54, 1.807) is 32.2 Å². The number of hydrogen-bond donors (Lipinski definition) is 2. The minimum absolute atomic E-state index is 0.0745. The summed E-state index contributed by atoms with van der Waals surface area (Å²) >= 11 is 0. The SMILES string of the molecule is CNC(=O)CCOc1ccc([C@H](C)O)cc1OC. The van der Waals surface area contributed by atoms with E-state index in [2.05, 4.69) is 5.32 Å². The third kappa shape index (κ3) is 3.92. The molecule has 0 bridgehead atoms. The van der Waals surface area contributed by atoms with Crippen LogP contribution in [0, 0.1) is 0 Å². The molecule has 0 heterocycles. The first-order chi connectivity index (χ1) is 8.58. The molecule has 1 rings (SSSR count). The monoisotopic (exact) mass is 253 g/mol. The van der Waals surface area contributed by atoms with Crippen molar-refractivity contribution in [2.75, 3.05) is 20.8 Å². The molecule has 2 N–H and O–H groups in total. The Labute approximate surface area is 107 Å². The van der Waals surface area contributed by atoms with Crippen LogP contribution >= 0.6 is 0 Å². The molecule has 5 heteroatoms. The Kier molecular flexibility index (Phi) is 5.45. The first-order valence-corrected chi connectivity index (χ1v) is 5.78. The van der Waals surface area contributed by atoms with E-state index in [-0.39, 0.29) is 18.9 Å². The minimum atomic E-state index is -0.557. The molecule has 1 aromatic carbocycles. The fourth-order valence-corrected chi connectivity index (χ4v) is 1.44. The molecule has 0 aliphatic rings. The summed E-state index contributed by atoms with van der Waals surface area (Å²) in [5.74, 6) is 1.03. The number of ether oxygens (including phenoxy) is 2. The van der Waals surface area contributed by atoms with Crippen molar-refractivity contribution < 1.29 is 19.4 Å². The van der Waals surface area contributed by atoms with E-state index in [9.17, 15) is 9.90 Å². The van der Waals surface area contributed by atoms with Crippen molar-refractivity contribution in [2.24, 2.45) is 0 Å². The number of carbonyl (C=O) groups excluding carboxylic acids is 1. The second kappa shape index (κ2) is 6.86. The Bertz CT molecular complexity index is 404. The summed E-state index contributed by atoms with van der Waals surface area (Å²) in [5.41, 5.74) is 0.755. The highest BCUT2D eigenvalue weighted by Gasteiger charge is 2.09. The maximum atomic E-state index is 11.0. The van der Waals surface area contributed by atoms with E-state index < -0.39 is 6.10 Å². The van der Waals surface area contributed by atoms with Crippen LogP contribution in [-0.4, -0.2) is 31.8 Å². The first-order valence-electron chi connectivity index (χ1n) is 5.78. The summed E-state index contributed by atoms with van der Waals surface area (Å²) in [6.45, 7) is 1.96.